The number of carboxylic acid groups (broad SMARTS) is 1. The maximum Gasteiger partial charge on any atom is 0.416 e. The number of pyridine rings is 1. The molecule has 2 unspecified atom stereocenters. The Morgan fingerprint density at radius 2 is 1.80 bits per heavy atom. The smallest absolute Gasteiger partial charge is 0.416 e. The van der Waals surface area contributed by atoms with Crippen LogP contribution in [-0.4, -0.2) is 35.1 Å². The summed E-state index contributed by atoms with van der Waals surface area (Å²) in [5.41, 5.74) is -1.03. The molecule has 0 saturated heterocycles. The Hall–Kier alpha value is -4.16. The van der Waals surface area contributed by atoms with E-state index in [0.29, 0.717) is 23.7 Å². The van der Waals surface area contributed by atoms with E-state index in [1.54, 1.807) is 0 Å². The van der Waals surface area contributed by atoms with Gasteiger partial charge in [0.15, 0.2) is 0 Å². The van der Waals surface area contributed by atoms with E-state index < -0.39 is 59.0 Å². The van der Waals surface area contributed by atoms with Crippen molar-refractivity contribution in [2.45, 2.75) is 49.5 Å². The number of aliphatic carboxylic acids is 1. The van der Waals surface area contributed by atoms with Crippen molar-refractivity contribution in [2.75, 3.05) is 19.4 Å². The molecule has 1 aliphatic rings. The molecular weight excluding hydrogens is 627 g/mol. The lowest BCUT2D eigenvalue weighted by atomic mass is 9.91. The topological polar surface area (TPSA) is 80.6 Å². The van der Waals surface area contributed by atoms with E-state index in [0.717, 1.165) is 29.8 Å². The van der Waals surface area contributed by atoms with Gasteiger partial charge < -0.3 is 15.2 Å². The van der Waals surface area contributed by atoms with Gasteiger partial charge in [0.25, 0.3) is 5.56 Å². The SMILES string of the molecule is COc1ccc(-c2c(C)c(Cc3c(F)cccc3C(F)(F)F)c3n(c2=O)C(C(NCCCC(=O)O)c2ccccc2)CS3)c(F)c1. The van der Waals surface area contributed by atoms with Gasteiger partial charge in [-0.2, -0.15) is 13.2 Å². The number of hydrogen-bond donors (Lipinski definition) is 2. The molecule has 0 saturated carbocycles. The minimum atomic E-state index is -4.83. The Balaban J connectivity index is 1.73. The molecule has 46 heavy (non-hydrogen) atoms. The van der Waals surface area contributed by atoms with Crippen LogP contribution in [0.1, 0.15) is 52.7 Å². The molecule has 0 bridgehead atoms. The largest absolute Gasteiger partial charge is 0.497 e. The second-order valence-corrected chi connectivity index (χ2v) is 12.0. The fraction of sp³-hybridized carbons (Fsp3) is 0.294. The van der Waals surface area contributed by atoms with Gasteiger partial charge in [0.05, 0.1) is 35.3 Å². The number of alkyl halides is 3. The van der Waals surface area contributed by atoms with Gasteiger partial charge in [0.1, 0.15) is 17.4 Å². The number of rotatable bonds is 11. The maximum atomic E-state index is 15.6. The van der Waals surface area contributed by atoms with Crippen molar-refractivity contribution in [1.82, 2.24) is 9.88 Å². The second kappa shape index (κ2) is 13.7. The predicted molar refractivity (Wildman–Crippen MR) is 165 cm³/mol. The van der Waals surface area contributed by atoms with Gasteiger partial charge in [-0.05, 0) is 60.8 Å². The van der Waals surface area contributed by atoms with E-state index in [1.165, 1.54) is 42.5 Å². The van der Waals surface area contributed by atoms with Gasteiger partial charge in [0, 0.05) is 35.8 Å². The summed E-state index contributed by atoms with van der Waals surface area (Å²) in [6, 6.07) is 14.8. The lowest BCUT2D eigenvalue weighted by molar-refractivity contribution is -0.138. The fourth-order valence-electron chi connectivity index (χ4n) is 5.94. The number of methoxy groups -OCH3 is 1. The van der Waals surface area contributed by atoms with Crippen LogP contribution in [0, 0.1) is 18.6 Å². The number of aromatic nitrogens is 1. The van der Waals surface area contributed by atoms with Crippen molar-refractivity contribution in [2.24, 2.45) is 0 Å². The summed E-state index contributed by atoms with van der Waals surface area (Å²) in [6.07, 6.45) is -5.08. The van der Waals surface area contributed by atoms with Crippen LogP contribution in [0.5, 0.6) is 5.75 Å². The average molecular weight is 659 g/mol. The van der Waals surface area contributed by atoms with Crippen LogP contribution in [0.4, 0.5) is 22.0 Å². The van der Waals surface area contributed by atoms with Crippen molar-refractivity contribution < 1.29 is 36.6 Å². The van der Waals surface area contributed by atoms with E-state index in [2.05, 4.69) is 5.32 Å². The third-order valence-electron chi connectivity index (χ3n) is 8.16. The molecule has 1 aliphatic heterocycles. The van der Waals surface area contributed by atoms with Crippen LogP contribution in [0.2, 0.25) is 0 Å². The first-order valence-electron chi connectivity index (χ1n) is 14.5. The van der Waals surface area contributed by atoms with E-state index in [4.69, 9.17) is 9.84 Å². The van der Waals surface area contributed by atoms with Crippen LogP contribution < -0.4 is 15.6 Å². The number of hydrogen-bond acceptors (Lipinski definition) is 5. The molecule has 12 heteroatoms. The zero-order chi connectivity index (χ0) is 33.2. The number of halogens is 5. The molecule has 5 rings (SSSR count). The van der Waals surface area contributed by atoms with Gasteiger partial charge in [-0.15, -0.1) is 11.8 Å². The quantitative estimate of drug-likeness (QED) is 0.128. The number of carboxylic acids is 1. The number of thioether (sulfide) groups is 1. The number of nitrogens with zero attached hydrogens (tertiary/aromatic N) is 1. The fourth-order valence-corrected chi connectivity index (χ4v) is 7.36. The van der Waals surface area contributed by atoms with Crippen LogP contribution >= 0.6 is 11.8 Å². The lowest BCUT2D eigenvalue weighted by Gasteiger charge is -2.28. The predicted octanol–water partition coefficient (Wildman–Crippen LogP) is 7.56. The van der Waals surface area contributed by atoms with Gasteiger partial charge >= 0.3 is 12.1 Å². The first-order chi connectivity index (χ1) is 21.9. The highest BCUT2D eigenvalue weighted by Gasteiger charge is 2.38. The summed E-state index contributed by atoms with van der Waals surface area (Å²) >= 11 is 1.26. The summed E-state index contributed by atoms with van der Waals surface area (Å²) in [7, 11) is 1.36. The van der Waals surface area contributed by atoms with Crippen molar-refractivity contribution >= 4 is 17.7 Å². The van der Waals surface area contributed by atoms with Gasteiger partial charge in [-0.25, -0.2) is 8.78 Å². The van der Waals surface area contributed by atoms with E-state index in [9.17, 15) is 22.8 Å². The second-order valence-electron chi connectivity index (χ2n) is 11.0. The first-order valence-corrected chi connectivity index (χ1v) is 15.5. The Morgan fingerprint density at radius 1 is 1.07 bits per heavy atom. The third kappa shape index (κ3) is 6.68. The number of fused-ring (bicyclic) bond motifs is 1. The van der Waals surface area contributed by atoms with Crippen molar-refractivity contribution in [3.05, 3.63) is 117 Å². The molecule has 2 heterocycles. The van der Waals surface area contributed by atoms with Gasteiger partial charge in [-0.3, -0.25) is 14.2 Å². The average Bonchev–Trinajstić information content (AvgIpc) is 3.45. The standard InChI is InChI=1S/C34H31F5N2O4S/c1-19-23(17-24-25(34(37,38)39)10-6-11-26(24)35)33-41(32(44)30(19)22-14-13-21(45-2)16-27(22)36)28(18-46-33)31(20-8-4-3-5-9-20)40-15-7-12-29(42)43/h3-6,8-11,13-14,16,28,31,40H,7,12,15,17-18H2,1-2H3,(H,42,43). The molecule has 2 N–H and O–H groups in total. The Kier molecular flexibility index (Phi) is 9.88. The summed E-state index contributed by atoms with van der Waals surface area (Å²) in [5, 5.41) is 12.9. The van der Waals surface area contributed by atoms with Gasteiger partial charge in [0.2, 0.25) is 0 Å². The van der Waals surface area contributed by atoms with Gasteiger partial charge in [-0.1, -0.05) is 36.4 Å². The molecule has 242 valence electrons. The number of benzene rings is 3. The molecule has 0 aliphatic carbocycles. The van der Waals surface area contributed by atoms with E-state index in [-0.39, 0.29) is 34.4 Å². The molecule has 2 atom stereocenters. The van der Waals surface area contributed by atoms with Crippen LogP contribution in [0.3, 0.4) is 0 Å². The molecule has 0 radical (unpaired) electrons. The van der Waals surface area contributed by atoms with Crippen molar-refractivity contribution in [3.63, 3.8) is 0 Å². The highest BCUT2D eigenvalue weighted by atomic mass is 32.2. The molecular formula is C34H31F5N2O4S. The lowest BCUT2D eigenvalue weighted by Crippen LogP contribution is -2.36. The third-order valence-corrected chi connectivity index (χ3v) is 9.38. The molecule has 0 amide bonds. The summed E-state index contributed by atoms with van der Waals surface area (Å²) < 4.78 is 79.5. The van der Waals surface area contributed by atoms with Crippen molar-refractivity contribution in [3.8, 4) is 16.9 Å². The molecule has 4 aromatic rings. The number of ether oxygens (including phenoxy) is 1. The minimum Gasteiger partial charge on any atom is -0.497 e. The van der Waals surface area contributed by atoms with E-state index in [1.807, 2.05) is 30.3 Å². The Bertz CT molecular complexity index is 1810. The van der Waals surface area contributed by atoms with Crippen LogP contribution in [0.25, 0.3) is 11.1 Å². The first kappa shape index (κ1) is 33.2. The normalized spacial score (nSPS) is 15.1. The monoisotopic (exact) mass is 658 g/mol. The zero-order valence-electron chi connectivity index (χ0n) is 25.0. The molecule has 3 aromatic carbocycles. The van der Waals surface area contributed by atoms with E-state index >= 15 is 8.78 Å². The molecule has 1 aromatic heterocycles. The Labute approximate surface area is 266 Å². The van der Waals surface area contributed by atoms with Crippen LogP contribution in [-0.2, 0) is 17.4 Å². The highest BCUT2D eigenvalue weighted by Crippen LogP contribution is 2.45. The zero-order valence-corrected chi connectivity index (χ0v) is 25.8. The van der Waals surface area contributed by atoms with Crippen molar-refractivity contribution in [1.29, 1.82) is 0 Å². The number of carbonyl (C=O) groups is 1. The highest BCUT2D eigenvalue weighted by molar-refractivity contribution is 7.99. The molecule has 0 fully saturated rings. The maximum absolute atomic E-state index is 15.6. The Morgan fingerprint density at radius 3 is 2.46 bits per heavy atom. The summed E-state index contributed by atoms with van der Waals surface area (Å²) in [5.74, 6) is -2.22. The number of nitrogens with one attached hydrogen (secondary N) is 1. The minimum absolute atomic E-state index is 0.0472. The summed E-state index contributed by atoms with van der Waals surface area (Å²) in [6.45, 7) is 1.84. The molecule has 6 nitrogen and oxygen atoms in total. The van der Waals surface area contributed by atoms with Crippen LogP contribution in [0.15, 0.2) is 76.6 Å². The molecule has 0 spiro atoms. The summed E-state index contributed by atoms with van der Waals surface area (Å²) in [4.78, 5) is 25.6.